The molecule has 1 aromatic heterocycles. The number of hydrogen-bond acceptors (Lipinski definition) is 3. The summed E-state index contributed by atoms with van der Waals surface area (Å²) in [7, 11) is 1.60. The number of rotatable bonds is 4. The van der Waals surface area contributed by atoms with Crippen molar-refractivity contribution in [1.29, 1.82) is 0 Å². The Morgan fingerprint density at radius 2 is 1.96 bits per heavy atom. The van der Waals surface area contributed by atoms with Gasteiger partial charge in [-0.05, 0) is 18.6 Å². The van der Waals surface area contributed by atoms with Crippen LogP contribution in [-0.2, 0) is 11.2 Å². The molecule has 0 saturated heterocycles. The molecule has 1 aromatic carbocycles. The minimum atomic E-state index is -0.171. The summed E-state index contributed by atoms with van der Waals surface area (Å²) >= 11 is 0. The highest BCUT2D eigenvalue weighted by Gasteiger charge is 2.35. The van der Waals surface area contributed by atoms with Crippen LogP contribution >= 0.6 is 0 Å². The summed E-state index contributed by atoms with van der Waals surface area (Å²) in [4.78, 5) is 17.7. The zero-order valence-corrected chi connectivity index (χ0v) is 13.9. The fraction of sp³-hybridized carbons (Fsp3) is 0.294. The molecular weight excluding hydrogens is 314 g/mol. The van der Waals surface area contributed by atoms with Gasteiger partial charge in [0.2, 0.25) is 5.88 Å². The summed E-state index contributed by atoms with van der Waals surface area (Å²) in [6.07, 6.45) is 0.895. The van der Waals surface area contributed by atoms with Gasteiger partial charge >= 0.3 is 0 Å². The van der Waals surface area contributed by atoms with Crippen LogP contribution in [0, 0.1) is 0 Å². The Hall–Kier alpha value is -2.11. The molecule has 0 saturated carbocycles. The van der Waals surface area contributed by atoms with E-state index in [1.54, 1.807) is 13.2 Å². The third-order valence-electron chi connectivity index (χ3n) is 4.08. The number of aromatic nitrogens is 1. The highest BCUT2D eigenvalue weighted by atomic mass is 35.5. The predicted molar refractivity (Wildman–Crippen MR) is 84.5 cm³/mol. The lowest BCUT2D eigenvalue weighted by Crippen LogP contribution is -3.13. The van der Waals surface area contributed by atoms with Gasteiger partial charge in [-0.25, -0.2) is 0 Å². The van der Waals surface area contributed by atoms with Crippen molar-refractivity contribution < 1.29 is 26.8 Å². The molecule has 0 spiro atoms. The van der Waals surface area contributed by atoms with E-state index in [1.807, 2.05) is 31.2 Å². The van der Waals surface area contributed by atoms with Crippen LogP contribution in [0.1, 0.15) is 12.5 Å². The molecular formula is C17H20ClN3O2. The van der Waals surface area contributed by atoms with Crippen molar-refractivity contribution in [2.24, 2.45) is 0 Å². The Bertz CT molecular complexity index is 679. The van der Waals surface area contributed by atoms with Gasteiger partial charge in [0.15, 0.2) is 6.04 Å². The van der Waals surface area contributed by atoms with Gasteiger partial charge in [-0.15, -0.1) is 0 Å². The lowest BCUT2D eigenvalue weighted by Gasteiger charge is -2.29. The molecule has 1 aliphatic heterocycles. The first kappa shape index (κ1) is 17.2. The highest BCUT2D eigenvalue weighted by molar-refractivity contribution is 5.97. The molecule has 0 aliphatic carbocycles. The van der Waals surface area contributed by atoms with E-state index in [2.05, 4.69) is 22.4 Å². The van der Waals surface area contributed by atoms with Crippen LogP contribution in [0.4, 0.5) is 11.5 Å². The molecule has 2 unspecified atom stereocenters. The fourth-order valence-corrected chi connectivity index (χ4v) is 2.76. The van der Waals surface area contributed by atoms with Crippen molar-refractivity contribution in [1.82, 2.24) is 4.98 Å². The van der Waals surface area contributed by atoms with Crippen molar-refractivity contribution in [3.8, 4) is 5.88 Å². The number of quaternary nitrogens is 1. The average molecular weight is 334 g/mol. The minimum absolute atomic E-state index is 0. The van der Waals surface area contributed by atoms with Crippen molar-refractivity contribution in [3.63, 3.8) is 0 Å². The van der Waals surface area contributed by atoms with Crippen LogP contribution in [0.25, 0.3) is 0 Å². The van der Waals surface area contributed by atoms with Crippen LogP contribution in [-0.4, -0.2) is 30.6 Å². The second kappa shape index (κ2) is 7.44. The van der Waals surface area contributed by atoms with E-state index in [1.165, 1.54) is 5.56 Å². The first-order valence-corrected chi connectivity index (χ1v) is 7.45. The molecule has 0 radical (unpaired) electrons. The van der Waals surface area contributed by atoms with Gasteiger partial charge in [-0.2, -0.15) is 4.98 Å². The number of ether oxygens (including phenoxy) is 1. The standard InChI is InChI=1S/C17H19N3O2.ClH/c1-12-17(21)18-14-8-9-15(22-2)19-16(14)20(12)11-10-13-6-4-3-5-7-13;/h3-9,12H,10-11H2,1-2H3,(H,18,21);1H. The zero-order chi connectivity index (χ0) is 15.5. The molecule has 3 rings (SSSR count). The number of halogens is 1. The SMILES string of the molecule is COc1ccc2c(n1)[NH+](CCc1ccccc1)C(C)C(=O)N2.[Cl-]. The van der Waals surface area contributed by atoms with Crippen molar-refractivity contribution in [2.75, 3.05) is 19.0 Å². The molecule has 2 aromatic rings. The first-order chi connectivity index (χ1) is 10.7. The quantitative estimate of drug-likeness (QED) is 0.694. The molecule has 0 bridgehead atoms. The molecule has 6 heteroatoms. The third-order valence-corrected chi connectivity index (χ3v) is 4.08. The summed E-state index contributed by atoms with van der Waals surface area (Å²) in [6, 6.07) is 13.7. The average Bonchev–Trinajstić information content (AvgIpc) is 2.56. The van der Waals surface area contributed by atoms with E-state index < -0.39 is 0 Å². The first-order valence-electron chi connectivity index (χ1n) is 7.45. The van der Waals surface area contributed by atoms with Crippen LogP contribution in [0.3, 0.4) is 0 Å². The lowest BCUT2D eigenvalue weighted by molar-refractivity contribution is -0.850. The summed E-state index contributed by atoms with van der Waals surface area (Å²) < 4.78 is 5.22. The smallest absolute Gasteiger partial charge is 0.283 e. The molecule has 1 aliphatic rings. The molecule has 1 amide bonds. The van der Waals surface area contributed by atoms with E-state index in [9.17, 15) is 4.79 Å². The van der Waals surface area contributed by atoms with Gasteiger partial charge < -0.3 is 22.5 Å². The van der Waals surface area contributed by atoms with Gasteiger partial charge in [0, 0.05) is 12.5 Å². The van der Waals surface area contributed by atoms with Crippen LogP contribution in [0.15, 0.2) is 42.5 Å². The van der Waals surface area contributed by atoms with E-state index in [0.717, 1.165) is 29.4 Å². The van der Waals surface area contributed by atoms with Crippen LogP contribution < -0.4 is 27.4 Å². The summed E-state index contributed by atoms with van der Waals surface area (Å²) in [5, 5.41) is 2.91. The van der Waals surface area contributed by atoms with Crippen LogP contribution in [0.5, 0.6) is 5.88 Å². The Balaban J connectivity index is 0.00000192. The van der Waals surface area contributed by atoms with Gasteiger partial charge in [0.05, 0.1) is 13.7 Å². The van der Waals surface area contributed by atoms with E-state index >= 15 is 0 Å². The number of benzene rings is 1. The van der Waals surface area contributed by atoms with Crippen molar-refractivity contribution in [3.05, 3.63) is 48.0 Å². The Morgan fingerprint density at radius 3 is 2.65 bits per heavy atom. The maximum Gasteiger partial charge on any atom is 0.283 e. The zero-order valence-electron chi connectivity index (χ0n) is 13.2. The molecule has 0 fully saturated rings. The number of fused-ring (bicyclic) bond motifs is 1. The molecule has 23 heavy (non-hydrogen) atoms. The number of carbonyl (C=O) groups excluding carboxylic acids is 1. The van der Waals surface area contributed by atoms with Gasteiger partial charge in [-0.3, -0.25) is 9.69 Å². The number of hydrogen-bond donors (Lipinski definition) is 2. The maximum atomic E-state index is 12.1. The van der Waals surface area contributed by atoms with Gasteiger partial charge in [0.25, 0.3) is 11.7 Å². The Labute approximate surface area is 142 Å². The van der Waals surface area contributed by atoms with Gasteiger partial charge in [-0.1, -0.05) is 30.3 Å². The maximum absolute atomic E-state index is 12.1. The number of carbonyl (C=O) groups is 1. The topological polar surface area (TPSA) is 55.7 Å². The number of amides is 1. The molecule has 5 nitrogen and oxygen atoms in total. The molecule has 122 valence electrons. The Kier molecular flexibility index (Phi) is 5.58. The molecule has 2 heterocycles. The van der Waals surface area contributed by atoms with E-state index in [0.29, 0.717) is 5.88 Å². The number of anilines is 1. The number of methoxy groups -OCH3 is 1. The van der Waals surface area contributed by atoms with Crippen molar-refractivity contribution in [2.45, 2.75) is 19.4 Å². The summed E-state index contributed by atoms with van der Waals surface area (Å²) in [6.45, 7) is 2.74. The normalized spacial score (nSPS) is 19.3. The number of pyridine rings is 1. The summed E-state index contributed by atoms with van der Waals surface area (Å²) in [5.41, 5.74) is 2.03. The largest absolute Gasteiger partial charge is 1.00 e. The highest BCUT2D eigenvalue weighted by Crippen LogP contribution is 2.22. The molecule has 2 atom stereocenters. The number of nitrogens with one attached hydrogen (secondary N) is 2. The lowest BCUT2D eigenvalue weighted by atomic mass is 10.1. The number of nitrogens with zero attached hydrogens (tertiary/aromatic N) is 1. The predicted octanol–water partition coefficient (Wildman–Crippen LogP) is -1.81. The second-order valence-electron chi connectivity index (χ2n) is 5.47. The Morgan fingerprint density at radius 1 is 1.22 bits per heavy atom. The van der Waals surface area contributed by atoms with Crippen molar-refractivity contribution >= 4 is 17.4 Å². The monoisotopic (exact) mass is 333 g/mol. The third kappa shape index (κ3) is 3.63. The molecule has 2 N–H and O–H groups in total. The summed E-state index contributed by atoms with van der Waals surface area (Å²) in [5.74, 6) is 1.45. The van der Waals surface area contributed by atoms with Crippen LogP contribution in [0.2, 0.25) is 0 Å². The minimum Gasteiger partial charge on any atom is -1.00 e. The van der Waals surface area contributed by atoms with E-state index in [4.69, 9.17) is 4.74 Å². The van der Waals surface area contributed by atoms with Gasteiger partial charge in [0.1, 0.15) is 5.69 Å². The van der Waals surface area contributed by atoms with E-state index in [-0.39, 0.29) is 24.4 Å². The fourth-order valence-electron chi connectivity index (χ4n) is 2.76. The second-order valence-corrected chi connectivity index (χ2v) is 5.47.